The van der Waals surface area contributed by atoms with Crippen molar-refractivity contribution < 1.29 is 4.79 Å². The van der Waals surface area contributed by atoms with Crippen molar-refractivity contribution in [3.05, 3.63) is 76.9 Å². The smallest absolute Gasteiger partial charge is 0.142 e. The van der Waals surface area contributed by atoms with Crippen LogP contribution in [0.5, 0.6) is 0 Å². The maximum absolute atomic E-state index is 10.3. The average Bonchev–Trinajstić information content (AvgIpc) is 2.71. The van der Waals surface area contributed by atoms with E-state index in [-0.39, 0.29) is 0 Å². The van der Waals surface area contributed by atoms with Crippen molar-refractivity contribution in [2.75, 3.05) is 0 Å². The third kappa shape index (κ3) is 8.83. The maximum Gasteiger partial charge on any atom is 0.142 e. The third-order valence-corrected chi connectivity index (χ3v) is 4.85. The van der Waals surface area contributed by atoms with Crippen LogP contribution in [0.2, 0.25) is 0 Å². The molecule has 2 rings (SSSR count). The summed E-state index contributed by atoms with van der Waals surface area (Å²) in [6.45, 7) is 3.99. The Hall–Kier alpha value is -2.19. The number of unbranched alkanes of at least 4 members (excludes halogenated alkanes) is 5. The summed E-state index contributed by atoms with van der Waals surface area (Å²) in [6, 6.07) is 17.3. The number of aldehydes is 1. The van der Waals surface area contributed by atoms with Gasteiger partial charge in [-0.25, -0.2) is 0 Å². The van der Waals surface area contributed by atoms with E-state index in [1.807, 2.05) is 18.2 Å². The molecule has 2 aromatic rings. The molecule has 0 atom stereocenters. The minimum absolute atomic E-state index is 0.800. The second kappa shape index (κ2) is 13.1. The Morgan fingerprint density at radius 3 is 1.93 bits per heavy atom. The Kier molecular flexibility index (Phi) is 10.2. The van der Waals surface area contributed by atoms with Crippen molar-refractivity contribution in [1.82, 2.24) is 5.32 Å². The quantitative estimate of drug-likeness (QED) is 0.265. The number of allylic oxidation sites excluding steroid dienone is 1. The number of hydrogen-bond acceptors (Lipinski definition) is 2. The molecule has 0 aliphatic rings. The summed E-state index contributed by atoms with van der Waals surface area (Å²) in [4.78, 5) is 10.3. The van der Waals surface area contributed by atoms with Gasteiger partial charge in [-0.05, 0) is 41.2 Å². The first-order valence-corrected chi connectivity index (χ1v) is 10.3. The molecular formula is C25H33NO. The number of nitrogens with one attached hydrogen (secondary N) is 1. The predicted octanol–water partition coefficient (Wildman–Crippen LogP) is 6.09. The van der Waals surface area contributed by atoms with Gasteiger partial charge in [0.05, 0.1) is 0 Å². The summed E-state index contributed by atoms with van der Waals surface area (Å²) in [5.74, 6) is 0. The van der Waals surface area contributed by atoms with E-state index in [1.54, 1.807) is 0 Å². The molecule has 0 saturated heterocycles. The first kappa shape index (κ1) is 21.1. The first-order chi connectivity index (χ1) is 13.3. The van der Waals surface area contributed by atoms with Gasteiger partial charge < -0.3 is 5.32 Å². The molecule has 0 bridgehead atoms. The van der Waals surface area contributed by atoms with Gasteiger partial charge in [0.15, 0.2) is 0 Å². The fourth-order valence-corrected chi connectivity index (χ4v) is 3.18. The van der Waals surface area contributed by atoms with Crippen LogP contribution in [-0.4, -0.2) is 6.29 Å². The molecule has 1 N–H and O–H groups in total. The third-order valence-electron chi connectivity index (χ3n) is 4.85. The van der Waals surface area contributed by atoms with Gasteiger partial charge in [-0.1, -0.05) is 93.6 Å². The molecule has 0 unspecified atom stereocenters. The highest BCUT2D eigenvalue weighted by atomic mass is 16.1. The Morgan fingerprint density at radius 1 is 0.741 bits per heavy atom. The van der Waals surface area contributed by atoms with Gasteiger partial charge in [0.25, 0.3) is 0 Å². The summed E-state index contributed by atoms with van der Waals surface area (Å²) in [7, 11) is 0. The summed E-state index contributed by atoms with van der Waals surface area (Å²) in [5.41, 5.74) is 5.07. The topological polar surface area (TPSA) is 29.1 Å². The number of carbonyl (C=O) groups is 1. The van der Waals surface area contributed by atoms with E-state index in [4.69, 9.17) is 0 Å². The van der Waals surface area contributed by atoms with Crippen LogP contribution >= 0.6 is 0 Å². The molecule has 0 amide bonds. The molecule has 0 heterocycles. The van der Waals surface area contributed by atoms with Gasteiger partial charge in [0.2, 0.25) is 0 Å². The Balaban J connectivity index is 1.66. The van der Waals surface area contributed by atoms with Crippen LogP contribution in [0.25, 0.3) is 6.08 Å². The number of benzene rings is 2. The fourth-order valence-electron chi connectivity index (χ4n) is 3.18. The zero-order valence-corrected chi connectivity index (χ0v) is 16.6. The molecule has 2 aromatic carbocycles. The van der Waals surface area contributed by atoms with Crippen LogP contribution < -0.4 is 5.32 Å². The zero-order valence-electron chi connectivity index (χ0n) is 16.6. The van der Waals surface area contributed by atoms with Gasteiger partial charge in [-0.15, -0.1) is 0 Å². The van der Waals surface area contributed by atoms with Crippen molar-refractivity contribution in [2.24, 2.45) is 0 Å². The van der Waals surface area contributed by atoms with Crippen molar-refractivity contribution >= 4 is 12.4 Å². The molecule has 2 nitrogen and oxygen atoms in total. The molecular weight excluding hydrogens is 330 g/mol. The van der Waals surface area contributed by atoms with Crippen LogP contribution in [0, 0.1) is 0 Å². The van der Waals surface area contributed by atoms with E-state index in [1.165, 1.54) is 67.7 Å². The summed E-state index contributed by atoms with van der Waals surface area (Å²) < 4.78 is 0. The predicted molar refractivity (Wildman–Crippen MR) is 116 cm³/mol. The normalized spacial score (nSPS) is 11.1. The van der Waals surface area contributed by atoms with Crippen LogP contribution in [0.1, 0.15) is 67.7 Å². The monoisotopic (exact) mass is 363 g/mol. The van der Waals surface area contributed by atoms with Crippen LogP contribution in [-0.2, 0) is 24.3 Å². The average molecular weight is 364 g/mol. The molecule has 0 aliphatic heterocycles. The molecule has 0 spiro atoms. The number of carbonyl (C=O) groups excluding carboxylic acids is 1. The highest BCUT2D eigenvalue weighted by molar-refractivity contribution is 5.73. The lowest BCUT2D eigenvalue weighted by atomic mass is 10.0. The highest BCUT2D eigenvalue weighted by Crippen LogP contribution is 2.11. The summed E-state index contributed by atoms with van der Waals surface area (Å²) >= 11 is 0. The Labute approximate surface area is 164 Å². The standard InChI is InChI=1S/C25H33NO/c1-2-3-4-5-6-7-9-22-11-15-24(16-12-22)20-26-21-25-17-13-23(14-18-25)10-8-19-27/h8,10-19,26H,2-7,9,20-21H2,1H3/b10-8+. The minimum atomic E-state index is 0.800. The van der Waals surface area contributed by atoms with Crippen molar-refractivity contribution in [3.8, 4) is 0 Å². The lowest BCUT2D eigenvalue weighted by Gasteiger charge is -2.07. The lowest BCUT2D eigenvalue weighted by Crippen LogP contribution is -2.12. The van der Waals surface area contributed by atoms with Gasteiger partial charge in [-0.3, -0.25) is 4.79 Å². The van der Waals surface area contributed by atoms with Crippen LogP contribution in [0.4, 0.5) is 0 Å². The van der Waals surface area contributed by atoms with Crippen molar-refractivity contribution in [3.63, 3.8) is 0 Å². The minimum Gasteiger partial charge on any atom is -0.309 e. The van der Waals surface area contributed by atoms with Crippen molar-refractivity contribution in [1.29, 1.82) is 0 Å². The highest BCUT2D eigenvalue weighted by Gasteiger charge is 1.98. The molecule has 0 fully saturated rings. The van der Waals surface area contributed by atoms with Crippen LogP contribution in [0.3, 0.4) is 0 Å². The Bertz CT molecular complexity index is 670. The molecule has 0 radical (unpaired) electrons. The molecule has 0 aromatic heterocycles. The molecule has 0 saturated carbocycles. The SMILES string of the molecule is CCCCCCCCc1ccc(CNCc2ccc(/C=C/C=O)cc2)cc1. The van der Waals surface area contributed by atoms with E-state index in [0.29, 0.717) is 0 Å². The van der Waals surface area contributed by atoms with Gasteiger partial charge in [0, 0.05) is 13.1 Å². The lowest BCUT2D eigenvalue weighted by molar-refractivity contribution is -0.104. The number of hydrogen-bond donors (Lipinski definition) is 1. The number of aryl methyl sites for hydroxylation is 1. The molecule has 27 heavy (non-hydrogen) atoms. The van der Waals surface area contributed by atoms with Gasteiger partial charge >= 0.3 is 0 Å². The van der Waals surface area contributed by atoms with Gasteiger partial charge in [0.1, 0.15) is 6.29 Å². The van der Waals surface area contributed by atoms with Gasteiger partial charge in [-0.2, -0.15) is 0 Å². The second-order valence-electron chi connectivity index (χ2n) is 7.17. The zero-order chi connectivity index (χ0) is 19.2. The maximum atomic E-state index is 10.3. The molecule has 144 valence electrons. The van der Waals surface area contributed by atoms with E-state index in [0.717, 1.165) is 24.9 Å². The fraction of sp³-hybridized carbons (Fsp3) is 0.400. The summed E-state index contributed by atoms with van der Waals surface area (Å²) in [6.07, 6.45) is 13.5. The molecule has 0 aliphatic carbocycles. The molecule has 2 heteroatoms. The van der Waals surface area contributed by atoms with E-state index in [9.17, 15) is 4.79 Å². The second-order valence-corrected chi connectivity index (χ2v) is 7.17. The Morgan fingerprint density at radius 2 is 1.30 bits per heavy atom. The van der Waals surface area contributed by atoms with E-state index >= 15 is 0 Å². The van der Waals surface area contributed by atoms with E-state index in [2.05, 4.69) is 48.6 Å². The van der Waals surface area contributed by atoms with Crippen molar-refractivity contribution in [2.45, 2.75) is 65.0 Å². The van der Waals surface area contributed by atoms with Crippen LogP contribution in [0.15, 0.2) is 54.6 Å². The van der Waals surface area contributed by atoms with E-state index < -0.39 is 0 Å². The first-order valence-electron chi connectivity index (χ1n) is 10.3. The number of rotatable bonds is 13. The largest absolute Gasteiger partial charge is 0.309 e. The summed E-state index contributed by atoms with van der Waals surface area (Å²) in [5, 5.41) is 3.50.